The first-order valence-electron chi connectivity index (χ1n) is 7.48. The molecular weight excluding hydrogens is 334 g/mol. The molecule has 1 N–H and O–H groups in total. The molecule has 23 heavy (non-hydrogen) atoms. The van der Waals surface area contributed by atoms with Gasteiger partial charge in [0.1, 0.15) is 16.2 Å². The second-order valence-electron chi connectivity index (χ2n) is 5.32. The summed E-state index contributed by atoms with van der Waals surface area (Å²) >= 11 is 2.83. The van der Waals surface area contributed by atoms with E-state index in [1.165, 1.54) is 29.4 Å². The van der Waals surface area contributed by atoms with Crippen molar-refractivity contribution in [2.45, 2.75) is 36.8 Å². The highest BCUT2D eigenvalue weighted by molar-refractivity contribution is 8.00. The number of hydrogen-bond acceptors (Lipinski definition) is 7. The maximum atomic E-state index is 11.8. The van der Waals surface area contributed by atoms with Gasteiger partial charge in [-0.05, 0) is 24.3 Å². The van der Waals surface area contributed by atoms with Crippen molar-refractivity contribution < 1.29 is 14.3 Å². The smallest absolute Gasteiger partial charge is 0.316 e. The molecule has 6 nitrogen and oxygen atoms in total. The Morgan fingerprint density at radius 2 is 2.17 bits per heavy atom. The summed E-state index contributed by atoms with van der Waals surface area (Å²) in [7, 11) is 0. The van der Waals surface area contributed by atoms with Gasteiger partial charge in [0.2, 0.25) is 0 Å². The van der Waals surface area contributed by atoms with E-state index in [2.05, 4.69) is 15.3 Å². The molecule has 2 aromatic rings. The molecule has 0 saturated heterocycles. The highest BCUT2D eigenvalue weighted by Gasteiger charge is 2.18. The summed E-state index contributed by atoms with van der Waals surface area (Å²) in [5.74, 6) is -0.519. The Hall–Kier alpha value is -1.67. The first kappa shape index (κ1) is 16.2. The third-order valence-corrected chi connectivity index (χ3v) is 5.44. The van der Waals surface area contributed by atoms with Crippen LogP contribution in [-0.4, -0.2) is 40.2 Å². The molecule has 1 fully saturated rings. The highest BCUT2D eigenvalue weighted by Crippen LogP contribution is 2.27. The van der Waals surface area contributed by atoms with Gasteiger partial charge in [0, 0.05) is 11.4 Å². The van der Waals surface area contributed by atoms with Crippen LogP contribution in [0.15, 0.2) is 22.8 Å². The van der Waals surface area contributed by atoms with E-state index in [9.17, 15) is 9.59 Å². The Morgan fingerprint density at radius 1 is 1.35 bits per heavy atom. The summed E-state index contributed by atoms with van der Waals surface area (Å²) in [6.45, 7) is -0.215. The Kier molecular flexibility index (Phi) is 5.45. The van der Waals surface area contributed by atoms with Gasteiger partial charge in [-0.2, -0.15) is 0 Å². The van der Waals surface area contributed by atoms with Crippen molar-refractivity contribution in [2.24, 2.45) is 0 Å². The van der Waals surface area contributed by atoms with Crippen LogP contribution in [0.4, 0.5) is 0 Å². The number of fused-ring (bicyclic) bond motifs is 1. The molecule has 8 heteroatoms. The number of carbonyl (C=O) groups is 2. The van der Waals surface area contributed by atoms with Crippen LogP contribution in [0.2, 0.25) is 0 Å². The summed E-state index contributed by atoms with van der Waals surface area (Å²) in [6, 6.07) is 2.17. The molecular formula is C15H17N3O3S2. The second-order valence-corrected chi connectivity index (χ2v) is 7.18. The lowest BCUT2D eigenvalue weighted by atomic mass is 10.2. The minimum Gasteiger partial charge on any atom is -0.455 e. The molecule has 3 rings (SSSR count). The van der Waals surface area contributed by atoms with E-state index in [4.69, 9.17) is 4.74 Å². The predicted molar refractivity (Wildman–Crippen MR) is 89.5 cm³/mol. The summed E-state index contributed by atoms with van der Waals surface area (Å²) in [5, 5.41) is 6.52. The topological polar surface area (TPSA) is 81.2 Å². The Morgan fingerprint density at radius 3 is 3.00 bits per heavy atom. The van der Waals surface area contributed by atoms with Crippen molar-refractivity contribution in [2.75, 3.05) is 12.4 Å². The number of nitrogens with one attached hydrogen (secondary N) is 1. The number of carbonyl (C=O) groups excluding carboxylic acids is 2. The van der Waals surface area contributed by atoms with Crippen LogP contribution in [0.3, 0.4) is 0 Å². The zero-order chi connectivity index (χ0) is 16.1. The number of esters is 1. The van der Waals surface area contributed by atoms with E-state index in [-0.39, 0.29) is 24.3 Å². The monoisotopic (exact) mass is 351 g/mol. The zero-order valence-corrected chi connectivity index (χ0v) is 14.1. The molecule has 1 amide bonds. The standard InChI is InChI=1S/C15H17N3O3S2/c19-12(18-10-3-1-2-4-10)7-21-13(20)8-23-15-11-5-6-22-14(11)16-9-17-15/h5-6,9-10H,1-4,7-8H2,(H,18,19). The second kappa shape index (κ2) is 7.74. The number of aromatic nitrogens is 2. The minimum atomic E-state index is -0.418. The first-order valence-corrected chi connectivity index (χ1v) is 9.35. The van der Waals surface area contributed by atoms with Gasteiger partial charge >= 0.3 is 5.97 Å². The van der Waals surface area contributed by atoms with Crippen LogP contribution in [-0.2, 0) is 14.3 Å². The van der Waals surface area contributed by atoms with Crippen molar-refractivity contribution in [1.82, 2.24) is 15.3 Å². The van der Waals surface area contributed by atoms with Crippen molar-refractivity contribution in [3.05, 3.63) is 17.8 Å². The quantitative estimate of drug-likeness (QED) is 0.489. The van der Waals surface area contributed by atoms with Crippen LogP contribution in [0.1, 0.15) is 25.7 Å². The number of nitrogens with zero attached hydrogens (tertiary/aromatic N) is 2. The van der Waals surface area contributed by atoms with Gasteiger partial charge in [-0.25, -0.2) is 9.97 Å². The first-order chi connectivity index (χ1) is 11.2. The summed E-state index contributed by atoms with van der Waals surface area (Å²) in [4.78, 5) is 32.7. The molecule has 0 bridgehead atoms. The van der Waals surface area contributed by atoms with E-state index >= 15 is 0 Å². The molecule has 0 aliphatic heterocycles. The summed E-state index contributed by atoms with van der Waals surface area (Å²) in [5.41, 5.74) is 0. The van der Waals surface area contributed by atoms with Crippen LogP contribution < -0.4 is 5.32 Å². The van der Waals surface area contributed by atoms with Crippen LogP contribution >= 0.6 is 23.1 Å². The molecule has 0 unspecified atom stereocenters. The SMILES string of the molecule is O=C(COC(=O)CSc1ncnc2sccc12)NC1CCCC1. The molecule has 2 heterocycles. The Bertz CT molecular complexity index is 698. The van der Waals surface area contributed by atoms with Gasteiger partial charge in [-0.15, -0.1) is 11.3 Å². The minimum absolute atomic E-state index is 0.124. The fourth-order valence-electron chi connectivity index (χ4n) is 2.54. The van der Waals surface area contributed by atoms with Crippen LogP contribution in [0, 0.1) is 0 Å². The fourth-order valence-corrected chi connectivity index (χ4v) is 4.11. The number of hydrogen-bond donors (Lipinski definition) is 1. The number of amides is 1. The fraction of sp³-hybridized carbons (Fsp3) is 0.467. The van der Waals surface area contributed by atoms with Crippen molar-refractivity contribution in [3.63, 3.8) is 0 Å². The normalized spacial score (nSPS) is 15.0. The molecule has 0 radical (unpaired) electrons. The third-order valence-electron chi connectivity index (χ3n) is 3.64. The van der Waals surface area contributed by atoms with E-state index in [0.29, 0.717) is 0 Å². The summed E-state index contributed by atoms with van der Waals surface area (Å²) in [6.07, 6.45) is 5.82. The van der Waals surface area contributed by atoms with Crippen molar-refractivity contribution in [1.29, 1.82) is 0 Å². The number of ether oxygens (including phenoxy) is 1. The lowest BCUT2D eigenvalue weighted by Crippen LogP contribution is -2.36. The van der Waals surface area contributed by atoms with Crippen molar-refractivity contribution in [3.8, 4) is 0 Å². The third kappa shape index (κ3) is 4.42. The highest BCUT2D eigenvalue weighted by atomic mass is 32.2. The number of rotatable bonds is 6. The Labute approximate surface area is 142 Å². The lowest BCUT2D eigenvalue weighted by Gasteiger charge is -2.11. The molecule has 1 saturated carbocycles. The van der Waals surface area contributed by atoms with Gasteiger partial charge < -0.3 is 10.1 Å². The average Bonchev–Trinajstić information content (AvgIpc) is 3.22. The van der Waals surface area contributed by atoms with E-state index in [1.807, 2.05) is 11.4 Å². The largest absolute Gasteiger partial charge is 0.455 e. The molecule has 122 valence electrons. The van der Waals surface area contributed by atoms with Crippen molar-refractivity contribution >= 4 is 45.2 Å². The van der Waals surface area contributed by atoms with Crippen LogP contribution in [0.5, 0.6) is 0 Å². The van der Waals surface area contributed by atoms with E-state index < -0.39 is 5.97 Å². The van der Waals surface area contributed by atoms with Gasteiger partial charge in [0.25, 0.3) is 5.91 Å². The average molecular weight is 351 g/mol. The predicted octanol–water partition coefficient (Wildman–Crippen LogP) is 2.39. The van der Waals surface area contributed by atoms with E-state index in [1.54, 1.807) is 0 Å². The van der Waals surface area contributed by atoms with Gasteiger partial charge in [0.15, 0.2) is 6.61 Å². The zero-order valence-electron chi connectivity index (χ0n) is 12.5. The van der Waals surface area contributed by atoms with Gasteiger partial charge in [-0.3, -0.25) is 9.59 Å². The molecule has 1 aliphatic carbocycles. The number of thioether (sulfide) groups is 1. The molecule has 1 aliphatic rings. The Balaban J connectivity index is 1.42. The van der Waals surface area contributed by atoms with E-state index in [0.717, 1.165) is 40.9 Å². The number of thiophene rings is 1. The maximum Gasteiger partial charge on any atom is 0.316 e. The molecule has 0 atom stereocenters. The van der Waals surface area contributed by atoms with Gasteiger partial charge in [-0.1, -0.05) is 24.6 Å². The summed E-state index contributed by atoms with van der Waals surface area (Å²) < 4.78 is 5.02. The maximum absolute atomic E-state index is 11.8. The molecule has 2 aromatic heterocycles. The lowest BCUT2D eigenvalue weighted by molar-refractivity contribution is -0.146. The van der Waals surface area contributed by atoms with Gasteiger partial charge in [0.05, 0.1) is 5.75 Å². The molecule has 0 aromatic carbocycles. The molecule has 0 spiro atoms. The van der Waals surface area contributed by atoms with Crippen LogP contribution in [0.25, 0.3) is 10.2 Å².